The van der Waals surface area contributed by atoms with E-state index >= 15 is 0 Å². The SMILES string of the molecule is CC(CS(=O)(=O)c1ccccc1)[NH+]1CCCCC1. The molecule has 1 N–H and O–H groups in total. The van der Waals surface area contributed by atoms with Crippen molar-refractivity contribution in [3.63, 3.8) is 0 Å². The second-order valence-electron chi connectivity index (χ2n) is 5.21. The van der Waals surface area contributed by atoms with E-state index < -0.39 is 9.84 Å². The summed E-state index contributed by atoms with van der Waals surface area (Å²) >= 11 is 0. The first kappa shape index (κ1) is 13.6. The highest BCUT2D eigenvalue weighted by Crippen LogP contribution is 2.10. The van der Waals surface area contributed by atoms with Gasteiger partial charge in [0.15, 0.2) is 9.84 Å². The van der Waals surface area contributed by atoms with E-state index in [1.807, 2.05) is 6.07 Å². The molecule has 3 nitrogen and oxygen atoms in total. The molecule has 1 fully saturated rings. The molecule has 1 aliphatic rings. The predicted molar refractivity (Wildman–Crippen MR) is 72.5 cm³/mol. The number of quaternary nitrogens is 1. The van der Waals surface area contributed by atoms with E-state index in [0.29, 0.717) is 4.90 Å². The van der Waals surface area contributed by atoms with Gasteiger partial charge in [-0.3, -0.25) is 0 Å². The van der Waals surface area contributed by atoms with Gasteiger partial charge in [0.05, 0.1) is 24.0 Å². The van der Waals surface area contributed by atoms with Crippen LogP contribution in [0.1, 0.15) is 26.2 Å². The molecule has 18 heavy (non-hydrogen) atoms. The Hall–Kier alpha value is -0.870. The smallest absolute Gasteiger partial charge is 0.184 e. The van der Waals surface area contributed by atoms with Gasteiger partial charge in [0.25, 0.3) is 0 Å². The van der Waals surface area contributed by atoms with Crippen LogP contribution in [0.3, 0.4) is 0 Å². The molecule has 1 aromatic carbocycles. The largest absolute Gasteiger partial charge is 0.332 e. The van der Waals surface area contributed by atoms with Crippen molar-refractivity contribution < 1.29 is 13.3 Å². The Labute approximate surface area is 110 Å². The van der Waals surface area contributed by atoms with Gasteiger partial charge in [0, 0.05) is 0 Å². The number of hydrogen-bond acceptors (Lipinski definition) is 2. The molecule has 0 saturated carbocycles. The molecule has 100 valence electrons. The van der Waals surface area contributed by atoms with E-state index in [2.05, 4.69) is 6.92 Å². The molecule has 0 bridgehead atoms. The number of benzene rings is 1. The van der Waals surface area contributed by atoms with Crippen molar-refractivity contribution >= 4 is 9.84 Å². The van der Waals surface area contributed by atoms with E-state index in [1.54, 1.807) is 24.3 Å². The summed E-state index contributed by atoms with van der Waals surface area (Å²) in [6, 6.07) is 8.98. The molecule has 4 heteroatoms. The fourth-order valence-corrected chi connectivity index (χ4v) is 4.33. The van der Waals surface area contributed by atoms with Crippen molar-refractivity contribution in [3.05, 3.63) is 30.3 Å². The zero-order chi connectivity index (χ0) is 13.0. The number of sulfone groups is 1. The first-order chi connectivity index (χ1) is 8.59. The van der Waals surface area contributed by atoms with Crippen LogP contribution in [0.4, 0.5) is 0 Å². The maximum atomic E-state index is 12.3. The maximum Gasteiger partial charge on any atom is 0.184 e. The molecule has 2 rings (SSSR count). The zero-order valence-corrected chi connectivity index (χ0v) is 11.7. The molecule has 0 aliphatic carbocycles. The highest BCUT2D eigenvalue weighted by atomic mass is 32.2. The summed E-state index contributed by atoms with van der Waals surface area (Å²) in [6.45, 7) is 4.29. The summed E-state index contributed by atoms with van der Waals surface area (Å²) in [5, 5.41) is 0. The predicted octanol–water partition coefficient (Wildman–Crippen LogP) is 0.918. The Balaban J connectivity index is 2.04. The molecule has 0 radical (unpaired) electrons. The summed E-state index contributed by atoms with van der Waals surface area (Å²) in [7, 11) is -3.13. The van der Waals surface area contributed by atoms with Crippen LogP contribution in [0.2, 0.25) is 0 Å². The van der Waals surface area contributed by atoms with Crippen molar-refractivity contribution in [1.29, 1.82) is 0 Å². The highest BCUT2D eigenvalue weighted by molar-refractivity contribution is 7.91. The third kappa shape index (κ3) is 3.33. The Morgan fingerprint density at radius 3 is 2.33 bits per heavy atom. The Morgan fingerprint density at radius 1 is 1.11 bits per heavy atom. The molecule has 1 saturated heterocycles. The van der Waals surface area contributed by atoms with Crippen molar-refractivity contribution in [2.45, 2.75) is 37.1 Å². The van der Waals surface area contributed by atoms with Gasteiger partial charge >= 0.3 is 0 Å². The minimum atomic E-state index is -3.13. The Bertz CT molecular complexity index is 464. The fourth-order valence-electron chi connectivity index (χ4n) is 2.67. The normalized spacial score (nSPS) is 19.6. The van der Waals surface area contributed by atoms with Gasteiger partial charge in [-0.05, 0) is 38.3 Å². The van der Waals surface area contributed by atoms with E-state index in [4.69, 9.17) is 0 Å². The minimum absolute atomic E-state index is 0.190. The average molecular weight is 268 g/mol. The van der Waals surface area contributed by atoms with Gasteiger partial charge in [-0.15, -0.1) is 0 Å². The van der Waals surface area contributed by atoms with Crippen molar-refractivity contribution in [2.24, 2.45) is 0 Å². The average Bonchev–Trinajstić information content (AvgIpc) is 2.40. The van der Waals surface area contributed by atoms with E-state index in [0.717, 1.165) is 13.1 Å². The van der Waals surface area contributed by atoms with E-state index in [1.165, 1.54) is 24.2 Å². The lowest BCUT2D eigenvalue weighted by molar-refractivity contribution is -0.925. The molecule has 1 aliphatic heterocycles. The minimum Gasteiger partial charge on any atom is -0.332 e. The Morgan fingerprint density at radius 2 is 1.72 bits per heavy atom. The molecule has 0 spiro atoms. The van der Waals surface area contributed by atoms with E-state index in [9.17, 15) is 8.42 Å². The monoisotopic (exact) mass is 268 g/mol. The van der Waals surface area contributed by atoms with Gasteiger partial charge in [-0.2, -0.15) is 0 Å². The molecular weight excluding hydrogens is 246 g/mol. The van der Waals surface area contributed by atoms with Gasteiger partial charge in [0.2, 0.25) is 0 Å². The van der Waals surface area contributed by atoms with Crippen LogP contribution in [0.5, 0.6) is 0 Å². The third-order valence-corrected chi connectivity index (χ3v) is 5.69. The molecule has 1 atom stereocenters. The topological polar surface area (TPSA) is 38.6 Å². The molecular formula is C14H22NO2S+. The summed E-state index contributed by atoms with van der Waals surface area (Å²) in [5.41, 5.74) is 0. The van der Waals surface area contributed by atoms with Gasteiger partial charge in [-0.25, -0.2) is 8.42 Å². The third-order valence-electron chi connectivity index (χ3n) is 3.76. The number of nitrogens with one attached hydrogen (secondary N) is 1. The van der Waals surface area contributed by atoms with Crippen molar-refractivity contribution in [3.8, 4) is 0 Å². The fraction of sp³-hybridized carbons (Fsp3) is 0.571. The van der Waals surface area contributed by atoms with Crippen LogP contribution >= 0.6 is 0 Å². The van der Waals surface area contributed by atoms with Crippen molar-refractivity contribution in [1.82, 2.24) is 0 Å². The highest BCUT2D eigenvalue weighted by Gasteiger charge is 2.26. The number of likely N-dealkylation sites (tertiary alicyclic amines) is 1. The van der Waals surface area contributed by atoms with Gasteiger partial charge in [-0.1, -0.05) is 18.2 Å². The lowest BCUT2D eigenvalue weighted by Gasteiger charge is -2.29. The van der Waals surface area contributed by atoms with Crippen LogP contribution in [0, 0.1) is 0 Å². The van der Waals surface area contributed by atoms with Gasteiger partial charge in [0.1, 0.15) is 5.75 Å². The molecule has 1 unspecified atom stereocenters. The molecule has 1 aromatic rings. The van der Waals surface area contributed by atoms with Gasteiger partial charge < -0.3 is 4.90 Å². The molecule has 0 aromatic heterocycles. The van der Waals surface area contributed by atoms with Crippen LogP contribution in [0.25, 0.3) is 0 Å². The second kappa shape index (κ2) is 5.85. The number of piperidine rings is 1. The summed E-state index contributed by atoms with van der Waals surface area (Å²) < 4.78 is 24.5. The summed E-state index contributed by atoms with van der Waals surface area (Å²) in [4.78, 5) is 1.90. The summed E-state index contributed by atoms with van der Waals surface area (Å²) in [5.74, 6) is 0.256. The first-order valence-electron chi connectivity index (χ1n) is 6.72. The lowest BCUT2D eigenvalue weighted by Crippen LogP contribution is -3.16. The van der Waals surface area contributed by atoms with Crippen LogP contribution in [-0.4, -0.2) is 33.3 Å². The first-order valence-corrected chi connectivity index (χ1v) is 8.37. The number of rotatable bonds is 4. The lowest BCUT2D eigenvalue weighted by atomic mass is 10.1. The maximum absolute atomic E-state index is 12.3. The molecule has 1 heterocycles. The van der Waals surface area contributed by atoms with Crippen molar-refractivity contribution in [2.75, 3.05) is 18.8 Å². The molecule has 0 amide bonds. The quantitative estimate of drug-likeness (QED) is 0.882. The van der Waals surface area contributed by atoms with Crippen LogP contribution in [-0.2, 0) is 9.84 Å². The Kier molecular flexibility index (Phi) is 4.40. The van der Waals surface area contributed by atoms with Crippen LogP contribution in [0.15, 0.2) is 35.2 Å². The zero-order valence-electron chi connectivity index (χ0n) is 10.9. The second-order valence-corrected chi connectivity index (χ2v) is 7.25. The number of hydrogen-bond donors (Lipinski definition) is 1. The summed E-state index contributed by atoms with van der Waals surface area (Å²) in [6.07, 6.45) is 3.75. The van der Waals surface area contributed by atoms with E-state index in [-0.39, 0.29) is 11.8 Å². The van der Waals surface area contributed by atoms with Crippen LogP contribution < -0.4 is 4.90 Å². The standard InChI is InChI=1S/C14H21NO2S/c1-13(15-10-6-3-7-11-15)12-18(16,17)14-8-4-2-5-9-14/h2,4-5,8-9,13H,3,6-7,10-12H2,1H3/p+1.